The van der Waals surface area contributed by atoms with Gasteiger partial charge in [0.05, 0.1) is 13.0 Å². The minimum absolute atomic E-state index is 0.00630. The van der Waals surface area contributed by atoms with Crippen LogP contribution in [0.1, 0.15) is 12.0 Å². The fourth-order valence-corrected chi connectivity index (χ4v) is 2.29. The van der Waals surface area contributed by atoms with E-state index in [2.05, 4.69) is 4.98 Å². The maximum Gasteiger partial charge on any atom is 0.230 e. The van der Waals surface area contributed by atoms with Gasteiger partial charge in [-0.2, -0.15) is 0 Å². The Morgan fingerprint density at radius 2 is 2.00 bits per heavy atom. The highest BCUT2D eigenvalue weighted by Gasteiger charge is 2.27. The number of ketones is 1. The molecule has 1 aromatic heterocycles. The lowest BCUT2D eigenvalue weighted by atomic mass is 10.1. The zero-order chi connectivity index (χ0) is 12.5. The smallest absolute Gasteiger partial charge is 0.230 e. The number of hydrogen-bond donors (Lipinski definition) is 0. The quantitative estimate of drug-likeness (QED) is 0.748. The number of fused-ring (bicyclic) bond motifs is 1. The number of benzene rings is 1. The fourth-order valence-electron chi connectivity index (χ4n) is 2.29. The number of hydrogen-bond acceptors (Lipinski definition) is 3. The Labute approximate surface area is 104 Å². The van der Waals surface area contributed by atoms with Crippen LogP contribution < -0.4 is 0 Å². The molecule has 1 amide bonds. The van der Waals surface area contributed by atoms with Gasteiger partial charge in [-0.25, -0.2) is 0 Å². The predicted molar refractivity (Wildman–Crippen MR) is 66.8 cm³/mol. The highest BCUT2D eigenvalue weighted by molar-refractivity contribution is 6.05. The molecule has 18 heavy (non-hydrogen) atoms. The van der Waals surface area contributed by atoms with Crippen LogP contribution in [0.25, 0.3) is 10.8 Å². The van der Waals surface area contributed by atoms with Crippen molar-refractivity contribution in [3.05, 3.63) is 42.2 Å². The van der Waals surface area contributed by atoms with Gasteiger partial charge in [0.15, 0.2) is 5.78 Å². The Balaban J connectivity index is 1.95. The molecule has 3 rings (SSSR count). The summed E-state index contributed by atoms with van der Waals surface area (Å²) in [7, 11) is 0. The van der Waals surface area contributed by atoms with Crippen molar-refractivity contribution < 1.29 is 9.59 Å². The molecule has 0 spiro atoms. The van der Waals surface area contributed by atoms with E-state index in [1.54, 1.807) is 17.3 Å². The second-order valence-corrected chi connectivity index (χ2v) is 4.49. The van der Waals surface area contributed by atoms with E-state index in [0.717, 1.165) is 16.3 Å². The zero-order valence-electron chi connectivity index (χ0n) is 9.80. The molecule has 90 valence electrons. The summed E-state index contributed by atoms with van der Waals surface area (Å²) in [6, 6.07) is 7.92. The van der Waals surface area contributed by atoms with E-state index < -0.39 is 0 Å². The first-order chi connectivity index (χ1) is 8.74. The van der Waals surface area contributed by atoms with Crippen molar-refractivity contribution in [1.29, 1.82) is 0 Å². The van der Waals surface area contributed by atoms with Gasteiger partial charge in [0, 0.05) is 24.3 Å². The molecular formula is C14H12N2O2. The monoisotopic (exact) mass is 240 g/mol. The molecule has 0 aliphatic carbocycles. The first-order valence-electron chi connectivity index (χ1n) is 5.85. The number of Topliss-reactive ketones (excluding diaryl/α,β-unsaturated/α-hetero) is 1. The third-order valence-corrected chi connectivity index (χ3v) is 3.18. The molecule has 4 nitrogen and oxygen atoms in total. The van der Waals surface area contributed by atoms with Crippen LogP contribution in [-0.2, 0) is 16.1 Å². The number of amides is 1. The number of carbonyl (C=O) groups is 2. The topological polar surface area (TPSA) is 50.3 Å². The minimum atomic E-state index is -0.0899. The van der Waals surface area contributed by atoms with Crippen molar-refractivity contribution >= 4 is 22.5 Å². The van der Waals surface area contributed by atoms with Gasteiger partial charge in [-0.15, -0.1) is 0 Å². The Bertz CT molecular complexity index is 631. The minimum Gasteiger partial charge on any atom is -0.331 e. The molecule has 1 saturated heterocycles. The van der Waals surface area contributed by atoms with Gasteiger partial charge in [0.1, 0.15) is 0 Å². The number of carbonyl (C=O) groups excluding carboxylic acids is 2. The molecule has 0 saturated carbocycles. The molecule has 2 heterocycles. The molecule has 0 atom stereocenters. The molecule has 1 aromatic carbocycles. The molecule has 0 unspecified atom stereocenters. The lowest BCUT2D eigenvalue weighted by Gasteiger charge is -2.15. The van der Waals surface area contributed by atoms with E-state index in [4.69, 9.17) is 0 Å². The molecule has 1 fully saturated rings. The van der Waals surface area contributed by atoms with E-state index in [1.807, 2.05) is 24.3 Å². The van der Waals surface area contributed by atoms with Crippen LogP contribution in [0.2, 0.25) is 0 Å². The van der Waals surface area contributed by atoms with Crippen LogP contribution in [0.4, 0.5) is 0 Å². The first kappa shape index (κ1) is 10.9. The number of aromatic nitrogens is 1. The van der Waals surface area contributed by atoms with Crippen molar-refractivity contribution in [2.75, 3.05) is 6.54 Å². The molecule has 0 bridgehead atoms. The Hall–Kier alpha value is -2.23. The van der Waals surface area contributed by atoms with E-state index >= 15 is 0 Å². The molecule has 0 radical (unpaired) electrons. The van der Waals surface area contributed by atoms with Gasteiger partial charge < -0.3 is 4.90 Å². The lowest BCUT2D eigenvalue weighted by molar-refractivity contribution is -0.128. The Morgan fingerprint density at radius 1 is 1.17 bits per heavy atom. The standard InChI is InChI=1S/C14H12N2O2/c17-12-5-14(18)16(9-12)8-11-7-15-6-10-3-1-2-4-13(10)11/h1-4,6-7H,5,8-9H2. The summed E-state index contributed by atoms with van der Waals surface area (Å²) in [6.07, 6.45) is 3.60. The zero-order valence-corrected chi connectivity index (χ0v) is 9.80. The van der Waals surface area contributed by atoms with E-state index in [0.29, 0.717) is 6.54 Å². The molecule has 0 N–H and O–H groups in total. The number of rotatable bonds is 2. The molecular weight excluding hydrogens is 228 g/mol. The van der Waals surface area contributed by atoms with Gasteiger partial charge >= 0.3 is 0 Å². The summed E-state index contributed by atoms with van der Waals surface area (Å²) in [4.78, 5) is 28.6. The average Bonchev–Trinajstić information content (AvgIpc) is 2.68. The highest BCUT2D eigenvalue weighted by Crippen LogP contribution is 2.20. The van der Waals surface area contributed by atoms with E-state index in [-0.39, 0.29) is 24.7 Å². The summed E-state index contributed by atoms with van der Waals surface area (Å²) in [5, 5.41) is 2.13. The molecule has 2 aromatic rings. The van der Waals surface area contributed by atoms with Crippen molar-refractivity contribution in [2.24, 2.45) is 0 Å². The van der Waals surface area contributed by atoms with Crippen molar-refractivity contribution in [3.63, 3.8) is 0 Å². The van der Waals surface area contributed by atoms with Gasteiger partial charge in [-0.3, -0.25) is 14.6 Å². The van der Waals surface area contributed by atoms with Crippen molar-refractivity contribution in [2.45, 2.75) is 13.0 Å². The van der Waals surface area contributed by atoms with E-state index in [9.17, 15) is 9.59 Å². The maximum absolute atomic E-state index is 11.6. The second kappa shape index (κ2) is 4.22. The third-order valence-electron chi connectivity index (χ3n) is 3.18. The first-order valence-corrected chi connectivity index (χ1v) is 5.85. The Morgan fingerprint density at radius 3 is 2.78 bits per heavy atom. The molecule has 1 aliphatic rings. The summed E-state index contributed by atoms with van der Waals surface area (Å²) in [6.45, 7) is 0.682. The van der Waals surface area contributed by atoms with Gasteiger partial charge in [-0.1, -0.05) is 24.3 Å². The van der Waals surface area contributed by atoms with Crippen LogP contribution >= 0.6 is 0 Å². The third kappa shape index (κ3) is 1.86. The maximum atomic E-state index is 11.6. The second-order valence-electron chi connectivity index (χ2n) is 4.49. The van der Waals surface area contributed by atoms with Crippen LogP contribution in [0.3, 0.4) is 0 Å². The normalized spacial score (nSPS) is 15.7. The summed E-state index contributed by atoms with van der Waals surface area (Å²) in [5.41, 5.74) is 0.983. The van der Waals surface area contributed by atoms with Crippen LogP contribution in [0, 0.1) is 0 Å². The largest absolute Gasteiger partial charge is 0.331 e. The SMILES string of the molecule is O=C1CC(=O)N(Cc2cncc3ccccc23)C1. The number of nitrogens with zero attached hydrogens (tertiary/aromatic N) is 2. The summed E-state index contributed by atoms with van der Waals surface area (Å²) < 4.78 is 0. The number of pyridine rings is 1. The number of likely N-dealkylation sites (tertiary alicyclic amines) is 1. The van der Waals surface area contributed by atoms with Gasteiger partial charge in [0.25, 0.3) is 0 Å². The van der Waals surface area contributed by atoms with Crippen LogP contribution in [0.15, 0.2) is 36.7 Å². The lowest BCUT2D eigenvalue weighted by Crippen LogP contribution is -2.24. The van der Waals surface area contributed by atoms with Crippen LogP contribution in [-0.4, -0.2) is 28.1 Å². The van der Waals surface area contributed by atoms with Crippen molar-refractivity contribution in [1.82, 2.24) is 9.88 Å². The summed E-state index contributed by atoms with van der Waals surface area (Å²) >= 11 is 0. The summed E-state index contributed by atoms with van der Waals surface area (Å²) in [5.74, 6) is -0.0962. The average molecular weight is 240 g/mol. The van der Waals surface area contributed by atoms with Crippen LogP contribution in [0.5, 0.6) is 0 Å². The highest BCUT2D eigenvalue weighted by atomic mass is 16.2. The fraction of sp³-hybridized carbons (Fsp3) is 0.214. The van der Waals surface area contributed by atoms with Gasteiger partial charge in [-0.05, 0) is 10.9 Å². The molecule has 1 aliphatic heterocycles. The molecule has 4 heteroatoms. The Kier molecular flexibility index (Phi) is 2.55. The van der Waals surface area contributed by atoms with E-state index in [1.165, 1.54) is 0 Å². The predicted octanol–water partition coefficient (Wildman–Crippen LogP) is 1.54. The van der Waals surface area contributed by atoms with Gasteiger partial charge in [0.2, 0.25) is 5.91 Å². The van der Waals surface area contributed by atoms with Crippen molar-refractivity contribution in [3.8, 4) is 0 Å².